The van der Waals surface area contributed by atoms with Crippen LogP contribution in [0.4, 0.5) is 18.0 Å². The first-order valence-electron chi connectivity index (χ1n) is 13.1. The Morgan fingerprint density at radius 3 is 2.72 bits per heavy atom. The Labute approximate surface area is 224 Å². The largest absolute Gasteiger partial charge is 0.494 e. The van der Waals surface area contributed by atoms with Gasteiger partial charge in [0.2, 0.25) is 5.65 Å². The molecule has 2 amide bonds. The van der Waals surface area contributed by atoms with Gasteiger partial charge in [-0.2, -0.15) is 18.2 Å². The first-order valence-corrected chi connectivity index (χ1v) is 13.1. The molecule has 212 valence electrons. The average Bonchev–Trinajstić information content (AvgIpc) is 3.28. The van der Waals surface area contributed by atoms with Crippen LogP contribution in [0.3, 0.4) is 0 Å². The number of nitrogens with one attached hydrogen (secondary N) is 1. The van der Waals surface area contributed by atoms with Gasteiger partial charge in [0.1, 0.15) is 5.75 Å². The second-order valence-electron chi connectivity index (χ2n) is 9.65. The Balaban J connectivity index is 1.75. The molecule has 1 aliphatic heterocycles. The van der Waals surface area contributed by atoms with Gasteiger partial charge in [0.05, 0.1) is 49.1 Å². The van der Waals surface area contributed by atoms with Crippen molar-refractivity contribution in [3.8, 4) is 23.0 Å². The summed E-state index contributed by atoms with van der Waals surface area (Å²) >= 11 is 0. The maximum Gasteiger partial charge on any atom is 0.389 e. The standard InChI is InChI=1S/C26H34F3N7O3/c1-5-35-17(3)20-13-19(21(38-4)15-30-20)22-33-24(23-31-14-16(2)36(23)34-22)39-12-8-6-7-9-18(32-25(35)37)10-11-26(27,28)29/h13-15,17-18H,5-12H2,1-4H3,(H,32,37)/t17-,18-/m1/s1. The SMILES string of the molecule is CCN1C(=O)N[C@@H](CCC(F)(F)F)CCCCCOc2nc(nn3c(C)cnc23)-c2cc(ncc2OC)[C@H]1C. The average molecular weight is 550 g/mol. The number of aromatic nitrogens is 5. The fourth-order valence-corrected chi connectivity index (χ4v) is 4.68. The van der Waals surface area contributed by atoms with Gasteiger partial charge in [-0.1, -0.05) is 6.42 Å². The molecular weight excluding hydrogens is 515 g/mol. The molecule has 2 atom stereocenters. The van der Waals surface area contributed by atoms with Gasteiger partial charge in [-0.15, -0.1) is 5.10 Å². The molecule has 4 heterocycles. The highest BCUT2D eigenvalue weighted by molar-refractivity contribution is 5.75. The van der Waals surface area contributed by atoms with E-state index in [1.54, 1.807) is 27.9 Å². The third-order valence-electron chi connectivity index (χ3n) is 6.89. The van der Waals surface area contributed by atoms with Gasteiger partial charge >= 0.3 is 12.2 Å². The predicted molar refractivity (Wildman–Crippen MR) is 138 cm³/mol. The lowest BCUT2D eigenvalue weighted by molar-refractivity contribution is -0.136. The molecule has 0 unspecified atom stereocenters. The molecule has 0 saturated heterocycles. The van der Waals surface area contributed by atoms with Crippen LogP contribution in [-0.2, 0) is 0 Å². The number of pyridine rings is 1. The number of hydrogen-bond acceptors (Lipinski definition) is 7. The predicted octanol–water partition coefficient (Wildman–Crippen LogP) is 5.26. The first kappa shape index (κ1) is 28.4. The normalized spacial score (nSPS) is 19.4. The lowest BCUT2D eigenvalue weighted by Gasteiger charge is -2.30. The maximum absolute atomic E-state index is 13.3. The molecule has 0 aromatic carbocycles. The minimum Gasteiger partial charge on any atom is -0.494 e. The summed E-state index contributed by atoms with van der Waals surface area (Å²) in [6.07, 6.45) is 0.240. The summed E-state index contributed by atoms with van der Waals surface area (Å²) < 4.78 is 52.2. The second kappa shape index (κ2) is 12.0. The number of rotatable bonds is 4. The number of nitrogens with zero attached hydrogens (tertiary/aromatic N) is 6. The van der Waals surface area contributed by atoms with E-state index in [9.17, 15) is 18.0 Å². The minimum atomic E-state index is -4.29. The van der Waals surface area contributed by atoms with E-state index < -0.39 is 30.7 Å². The van der Waals surface area contributed by atoms with Crippen LogP contribution in [-0.4, -0.2) is 68.0 Å². The maximum atomic E-state index is 13.3. The van der Waals surface area contributed by atoms with Crippen molar-refractivity contribution < 1.29 is 27.4 Å². The zero-order valence-electron chi connectivity index (χ0n) is 22.6. The molecular formula is C26H34F3N7O3. The minimum absolute atomic E-state index is 0.179. The number of ether oxygens (including phenoxy) is 2. The summed E-state index contributed by atoms with van der Waals surface area (Å²) in [5.74, 6) is 1.10. The highest BCUT2D eigenvalue weighted by atomic mass is 19.4. The molecule has 10 nitrogen and oxygen atoms in total. The number of fused-ring (bicyclic) bond motifs is 7. The lowest BCUT2D eigenvalue weighted by Crippen LogP contribution is -2.46. The van der Waals surface area contributed by atoms with Crippen molar-refractivity contribution in [1.82, 2.24) is 34.8 Å². The number of amides is 2. The summed E-state index contributed by atoms with van der Waals surface area (Å²) in [6, 6.07) is 0.228. The van der Waals surface area contributed by atoms with E-state index in [0.29, 0.717) is 73.2 Å². The van der Waals surface area contributed by atoms with E-state index in [0.717, 1.165) is 5.69 Å². The van der Waals surface area contributed by atoms with Gasteiger partial charge in [-0.25, -0.2) is 14.3 Å². The van der Waals surface area contributed by atoms with Crippen LogP contribution in [0.25, 0.3) is 17.0 Å². The quantitative estimate of drug-likeness (QED) is 0.473. The van der Waals surface area contributed by atoms with Crippen LogP contribution in [0.2, 0.25) is 0 Å². The van der Waals surface area contributed by atoms with Gasteiger partial charge in [0.15, 0.2) is 5.82 Å². The summed E-state index contributed by atoms with van der Waals surface area (Å²) in [5.41, 5.74) is 2.38. The fraction of sp³-hybridized carbons (Fsp3) is 0.577. The Morgan fingerprint density at radius 1 is 1.21 bits per heavy atom. The Morgan fingerprint density at radius 2 is 2.00 bits per heavy atom. The van der Waals surface area contributed by atoms with Crippen LogP contribution in [0.1, 0.15) is 69.8 Å². The van der Waals surface area contributed by atoms with Gasteiger partial charge < -0.3 is 19.7 Å². The number of carbonyl (C=O) groups excluding carboxylic acids is 1. The molecule has 3 aromatic heterocycles. The van der Waals surface area contributed by atoms with Gasteiger partial charge in [-0.3, -0.25) is 4.98 Å². The van der Waals surface area contributed by atoms with Crippen molar-refractivity contribution >= 4 is 11.7 Å². The molecule has 4 bridgehead atoms. The highest BCUT2D eigenvalue weighted by Crippen LogP contribution is 2.32. The van der Waals surface area contributed by atoms with Crippen molar-refractivity contribution in [3.05, 3.63) is 29.8 Å². The molecule has 1 N–H and O–H groups in total. The molecule has 39 heavy (non-hydrogen) atoms. The lowest BCUT2D eigenvalue weighted by atomic mass is 10.0. The molecule has 3 aromatic rings. The summed E-state index contributed by atoms with van der Waals surface area (Å²) in [7, 11) is 1.52. The van der Waals surface area contributed by atoms with Crippen LogP contribution in [0, 0.1) is 6.92 Å². The number of urea groups is 1. The number of alkyl halides is 3. The Kier molecular flexibility index (Phi) is 8.76. The zero-order valence-corrected chi connectivity index (χ0v) is 22.6. The molecule has 1 aliphatic rings. The summed E-state index contributed by atoms with van der Waals surface area (Å²) in [5, 5.41) is 7.51. The third kappa shape index (κ3) is 6.69. The Bertz CT molecular complexity index is 1300. The molecule has 0 saturated carbocycles. The molecule has 0 fully saturated rings. The molecule has 0 radical (unpaired) electrons. The van der Waals surface area contributed by atoms with Crippen molar-refractivity contribution in [3.63, 3.8) is 0 Å². The van der Waals surface area contributed by atoms with Gasteiger partial charge in [-0.05, 0) is 52.5 Å². The topological polar surface area (TPSA) is 107 Å². The molecule has 0 aliphatic carbocycles. The second-order valence-corrected chi connectivity index (χ2v) is 9.65. The molecule has 13 heteroatoms. The van der Waals surface area contributed by atoms with E-state index >= 15 is 0 Å². The third-order valence-corrected chi connectivity index (χ3v) is 6.89. The summed E-state index contributed by atoms with van der Waals surface area (Å²) in [6.45, 7) is 6.18. The van der Waals surface area contributed by atoms with Crippen LogP contribution < -0.4 is 14.8 Å². The van der Waals surface area contributed by atoms with Crippen molar-refractivity contribution in [2.45, 2.75) is 77.6 Å². The fourth-order valence-electron chi connectivity index (χ4n) is 4.68. The van der Waals surface area contributed by atoms with E-state index in [4.69, 9.17) is 9.47 Å². The van der Waals surface area contributed by atoms with E-state index in [1.807, 2.05) is 20.8 Å². The van der Waals surface area contributed by atoms with Crippen molar-refractivity contribution in [2.24, 2.45) is 0 Å². The van der Waals surface area contributed by atoms with E-state index in [-0.39, 0.29) is 6.42 Å². The molecule has 4 rings (SSSR count). The van der Waals surface area contributed by atoms with Crippen LogP contribution >= 0.6 is 0 Å². The van der Waals surface area contributed by atoms with E-state index in [1.165, 1.54) is 7.11 Å². The summed E-state index contributed by atoms with van der Waals surface area (Å²) in [4.78, 5) is 28.4. The number of hydrogen-bond donors (Lipinski definition) is 1. The number of carbonyl (C=O) groups is 1. The monoisotopic (exact) mass is 549 g/mol. The highest BCUT2D eigenvalue weighted by Gasteiger charge is 2.30. The zero-order chi connectivity index (χ0) is 28.2. The number of halogens is 3. The van der Waals surface area contributed by atoms with Crippen molar-refractivity contribution in [2.75, 3.05) is 20.3 Å². The van der Waals surface area contributed by atoms with Gasteiger partial charge in [0, 0.05) is 19.0 Å². The number of imidazole rings is 1. The Hall–Kier alpha value is -3.64. The smallest absolute Gasteiger partial charge is 0.389 e. The van der Waals surface area contributed by atoms with Crippen LogP contribution in [0.15, 0.2) is 18.5 Å². The number of aryl methyl sites for hydroxylation is 1. The van der Waals surface area contributed by atoms with E-state index in [2.05, 4.69) is 25.4 Å². The molecule has 0 spiro atoms. The van der Waals surface area contributed by atoms with Crippen molar-refractivity contribution in [1.29, 1.82) is 0 Å². The van der Waals surface area contributed by atoms with Gasteiger partial charge in [0.25, 0.3) is 5.88 Å². The van der Waals surface area contributed by atoms with Crippen LogP contribution in [0.5, 0.6) is 11.6 Å². The first-order chi connectivity index (χ1) is 18.6. The number of methoxy groups -OCH3 is 1.